The molecule has 0 aromatic carbocycles. The van der Waals surface area contributed by atoms with Gasteiger partial charge in [-0.3, -0.25) is 9.89 Å². The lowest BCUT2D eigenvalue weighted by molar-refractivity contribution is -0.137. The molecule has 17 heavy (non-hydrogen) atoms. The van der Waals surface area contributed by atoms with Gasteiger partial charge in [-0.25, -0.2) is 8.42 Å². The van der Waals surface area contributed by atoms with Crippen molar-refractivity contribution < 1.29 is 18.3 Å². The van der Waals surface area contributed by atoms with Gasteiger partial charge in [-0.2, -0.15) is 9.40 Å². The Hall–Kier alpha value is -1.41. The Labute approximate surface area is 99.5 Å². The monoisotopic (exact) mass is 261 g/mol. The third kappa shape index (κ3) is 3.27. The van der Waals surface area contributed by atoms with Crippen molar-refractivity contribution in [2.45, 2.75) is 31.3 Å². The maximum Gasteiger partial charge on any atom is 0.304 e. The van der Waals surface area contributed by atoms with E-state index < -0.39 is 16.0 Å². The van der Waals surface area contributed by atoms with E-state index in [-0.39, 0.29) is 24.0 Å². The van der Waals surface area contributed by atoms with Gasteiger partial charge >= 0.3 is 5.97 Å². The molecule has 0 bridgehead atoms. The molecule has 8 heteroatoms. The lowest BCUT2D eigenvalue weighted by Gasteiger charge is -2.24. The van der Waals surface area contributed by atoms with Crippen LogP contribution in [0.15, 0.2) is 17.3 Å². The average Bonchev–Trinajstić information content (AvgIpc) is 2.69. The van der Waals surface area contributed by atoms with Gasteiger partial charge in [0.25, 0.3) is 10.0 Å². The molecule has 0 fully saturated rings. The maximum atomic E-state index is 12.1. The van der Waals surface area contributed by atoms with Gasteiger partial charge in [-0.1, -0.05) is 0 Å². The van der Waals surface area contributed by atoms with Crippen LogP contribution in [0, 0.1) is 0 Å². The Morgan fingerprint density at radius 2 is 2.24 bits per heavy atom. The molecule has 1 rings (SSSR count). The molecule has 7 nitrogen and oxygen atoms in total. The van der Waals surface area contributed by atoms with Crippen molar-refractivity contribution >= 4 is 16.0 Å². The molecule has 0 aliphatic rings. The molecule has 0 unspecified atom stereocenters. The quantitative estimate of drug-likeness (QED) is 0.765. The van der Waals surface area contributed by atoms with Crippen LogP contribution in [0.4, 0.5) is 0 Å². The van der Waals surface area contributed by atoms with E-state index in [9.17, 15) is 13.2 Å². The second-order valence-corrected chi connectivity index (χ2v) is 5.63. The van der Waals surface area contributed by atoms with Gasteiger partial charge in [0, 0.05) is 12.6 Å². The van der Waals surface area contributed by atoms with Gasteiger partial charge < -0.3 is 5.11 Å². The van der Waals surface area contributed by atoms with Crippen LogP contribution >= 0.6 is 0 Å². The van der Waals surface area contributed by atoms with E-state index in [0.717, 1.165) is 4.31 Å². The first kappa shape index (κ1) is 13.7. The maximum absolute atomic E-state index is 12.1. The average molecular weight is 261 g/mol. The number of aromatic amines is 1. The molecule has 0 saturated carbocycles. The highest BCUT2D eigenvalue weighted by atomic mass is 32.2. The van der Waals surface area contributed by atoms with Crippen LogP contribution in [0.5, 0.6) is 0 Å². The fraction of sp³-hybridized carbons (Fsp3) is 0.556. The van der Waals surface area contributed by atoms with Gasteiger partial charge in [-0.15, -0.1) is 0 Å². The normalized spacial score (nSPS) is 12.2. The smallest absolute Gasteiger partial charge is 0.304 e. The predicted molar refractivity (Wildman–Crippen MR) is 59.9 cm³/mol. The molecular formula is C9H15N3O4S. The van der Waals surface area contributed by atoms with Gasteiger partial charge in [0.05, 0.1) is 12.6 Å². The Morgan fingerprint density at radius 1 is 1.59 bits per heavy atom. The van der Waals surface area contributed by atoms with E-state index in [2.05, 4.69) is 10.2 Å². The van der Waals surface area contributed by atoms with Crippen molar-refractivity contribution in [3.63, 3.8) is 0 Å². The number of hydrogen-bond acceptors (Lipinski definition) is 4. The molecule has 2 N–H and O–H groups in total. The minimum Gasteiger partial charge on any atom is -0.481 e. The first-order valence-corrected chi connectivity index (χ1v) is 6.52. The lowest BCUT2D eigenvalue weighted by Crippen LogP contribution is -2.38. The van der Waals surface area contributed by atoms with Crippen molar-refractivity contribution in [2.75, 3.05) is 6.54 Å². The first-order valence-electron chi connectivity index (χ1n) is 5.08. The standard InChI is InChI=1S/C9H15N3O4S/c1-7(2)12(6-4-9(13)14)17(15,16)8-3-5-10-11-8/h3,5,7H,4,6H2,1-2H3,(H,10,11)(H,13,14). The second kappa shape index (κ2) is 5.28. The SMILES string of the molecule is CC(C)N(CCC(=O)O)S(=O)(=O)c1ccn[nH]1. The number of nitrogens with one attached hydrogen (secondary N) is 1. The number of sulfonamides is 1. The predicted octanol–water partition coefficient (Wildman–Crippen LogP) is 0.283. The van der Waals surface area contributed by atoms with Gasteiger partial charge in [-0.05, 0) is 19.9 Å². The molecular weight excluding hydrogens is 246 g/mol. The summed E-state index contributed by atoms with van der Waals surface area (Å²) in [5.41, 5.74) is 0. The van der Waals surface area contributed by atoms with Crippen molar-refractivity contribution in [1.29, 1.82) is 0 Å². The minimum absolute atomic E-state index is 0.0309. The zero-order valence-electron chi connectivity index (χ0n) is 9.62. The van der Waals surface area contributed by atoms with Gasteiger partial charge in [0.2, 0.25) is 0 Å². The molecule has 0 atom stereocenters. The summed E-state index contributed by atoms with van der Waals surface area (Å²) >= 11 is 0. The number of hydrogen-bond donors (Lipinski definition) is 2. The summed E-state index contributed by atoms with van der Waals surface area (Å²) in [5.74, 6) is -1.03. The minimum atomic E-state index is -3.70. The van der Waals surface area contributed by atoms with Crippen LogP contribution in [0.1, 0.15) is 20.3 Å². The number of aliphatic carboxylic acids is 1. The van der Waals surface area contributed by atoms with Crippen LogP contribution in [0.2, 0.25) is 0 Å². The number of H-pyrrole nitrogens is 1. The zero-order valence-corrected chi connectivity index (χ0v) is 10.4. The molecule has 96 valence electrons. The van der Waals surface area contributed by atoms with Crippen LogP contribution in [0.25, 0.3) is 0 Å². The molecule has 0 saturated heterocycles. The molecule has 0 amide bonds. The highest BCUT2D eigenvalue weighted by Crippen LogP contribution is 2.15. The number of nitrogens with zero attached hydrogens (tertiary/aromatic N) is 2. The van der Waals surface area contributed by atoms with Crippen molar-refractivity contribution in [1.82, 2.24) is 14.5 Å². The molecule has 0 aliphatic heterocycles. The molecule has 1 aromatic heterocycles. The summed E-state index contributed by atoms with van der Waals surface area (Å²) in [6.07, 6.45) is 1.11. The zero-order chi connectivity index (χ0) is 13.1. The summed E-state index contributed by atoms with van der Waals surface area (Å²) in [6, 6.07) is 1.02. The Kier molecular flexibility index (Phi) is 4.24. The Balaban J connectivity index is 2.95. The Morgan fingerprint density at radius 3 is 2.65 bits per heavy atom. The van der Waals surface area contributed by atoms with Crippen LogP contribution < -0.4 is 0 Å². The fourth-order valence-corrected chi connectivity index (χ4v) is 2.92. The van der Waals surface area contributed by atoms with E-state index in [0.29, 0.717) is 0 Å². The third-order valence-electron chi connectivity index (χ3n) is 2.18. The number of rotatable bonds is 6. The lowest BCUT2D eigenvalue weighted by atomic mass is 10.3. The number of carbonyl (C=O) groups is 1. The van der Waals surface area contributed by atoms with Gasteiger partial charge in [0.1, 0.15) is 0 Å². The van der Waals surface area contributed by atoms with Crippen LogP contribution in [0.3, 0.4) is 0 Å². The van der Waals surface area contributed by atoms with Crippen molar-refractivity contribution in [3.05, 3.63) is 12.3 Å². The largest absolute Gasteiger partial charge is 0.481 e. The fourth-order valence-electron chi connectivity index (χ4n) is 1.37. The molecule has 0 aliphatic carbocycles. The van der Waals surface area contributed by atoms with E-state index >= 15 is 0 Å². The Bertz CT molecular complexity index is 466. The topological polar surface area (TPSA) is 103 Å². The highest BCUT2D eigenvalue weighted by molar-refractivity contribution is 7.89. The summed E-state index contributed by atoms with van der Waals surface area (Å²) < 4.78 is 25.4. The van der Waals surface area contributed by atoms with E-state index in [1.54, 1.807) is 13.8 Å². The van der Waals surface area contributed by atoms with Crippen molar-refractivity contribution in [3.8, 4) is 0 Å². The summed E-state index contributed by atoms with van der Waals surface area (Å²) in [5, 5.41) is 14.5. The highest BCUT2D eigenvalue weighted by Gasteiger charge is 2.28. The van der Waals surface area contributed by atoms with Crippen molar-refractivity contribution in [2.24, 2.45) is 0 Å². The summed E-state index contributed by atoms with van der Waals surface area (Å²) in [6.45, 7) is 3.32. The molecule has 1 heterocycles. The summed E-state index contributed by atoms with van der Waals surface area (Å²) in [7, 11) is -3.70. The number of carboxylic acid groups (broad SMARTS) is 1. The van der Waals surface area contributed by atoms with E-state index in [1.165, 1.54) is 12.3 Å². The van der Waals surface area contributed by atoms with Crippen LogP contribution in [-0.2, 0) is 14.8 Å². The van der Waals surface area contributed by atoms with E-state index in [4.69, 9.17) is 5.11 Å². The first-order chi connectivity index (χ1) is 7.85. The number of aromatic nitrogens is 2. The molecule has 1 aromatic rings. The second-order valence-electron chi connectivity index (χ2n) is 3.77. The van der Waals surface area contributed by atoms with Crippen LogP contribution in [-0.4, -0.2) is 46.6 Å². The number of carboxylic acids is 1. The van der Waals surface area contributed by atoms with Gasteiger partial charge in [0.15, 0.2) is 5.03 Å². The third-order valence-corrected chi connectivity index (χ3v) is 4.19. The van der Waals surface area contributed by atoms with E-state index in [1.807, 2.05) is 0 Å². The summed E-state index contributed by atoms with van der Waals surface area (Å²) in [4.78, 5) is 10.5. The molecule has 0 radical (unpaired) electrons. The molecule has 0 spiro atoms.